The number of rotatable bonds is 8. The Balaban J connectivity index is 1.44. The van der Waals surface area contributed by atoms with Crippen molar-refractivity contribution >= 4 is 39.5 Å². The zero-order valence-electron chi connectivity index (χ0n) is 19.6. The highest BCUT2D eigenvalue weighted by molar-refractivity contribution is 9.10. The van der Waals surface area contributed by atoms with Gasteiger partial charge < -0.3 is 10.1 Å². The highest BCUT2D eigenvalue weighted by atomic mass is 79.9. The van der Waals surface area contributed by atoms with E-state index in [0.29, 0.717) is 10.2 Å². The quantitative estimate of drug-likeness (QED) is 0.299. The van der Waals surface area contributed by atoms with Crippen molar-refractivity contribution in [3.63, 3.8) is 0 Å². The van der Waals surface area contributed by atoms with Gasteiger partial charge in [-0.2, -0.15) is 0 Å². The van der Waals surface area contributed by atoms with Gasteiger partial charge >= 0.3 is 0 Å². The third-order valence-corrected chi connectivity index (χ3v) is 6.44. The molecular formula is C29H22BrN3O4. The predicted octanol–water partition coefficient (Wildman–Crippen LogP) is 5.27. The first-order chi connectivity index (χ1) is 18.0. The van der Waals surface area contributed by atoms with Crippen molar-refractivity contribution in [3.8, 4) is 5.75 Å². The second kappa shape index (κ2) is 10.8. The van der Waals surface area contributed by atoms with E-state index in [1.54, 1.807) is 36.5 Å². The van der Waals surface area contributed by atoms with Crippen LogP contribution in [0.1, 0.15) is 31.8 Å². The summed E-state index contributed by atoms with van der Waals surface area (Å²) in [7, 11) is 0. The standard InChI is InChI=1S/C29H22BrN3O4/c30-21-16-25(37-18-20-11-5-2-6-12-20)26(31-17-21)32-27(34)24(15-19-9-3-1-4-10-19)33-28(35)22-13-7-8-14-23(22)29(33)36/h1-14,16-17,24H,15,18H2,(H,31,32,34)/t24-/m0/s1. The van der Waals surface area contributed by atoms with Gasteiger partial charge in [0.25, 0.3) is 11.8 Å². The van der Waals surface area contributed by atoms with Gasteiger partial charge in [0.1, 0.15) is 12.6 Å². The number of halogens is 1. The molecule has 0 saturated heterocycles. The number of carbonyl (C=O) groups excluding carboxylic acids is 3. The van der Waals surface area contributed by atoms with Crippen LogP contribution in [-0.2, 0) is 17.8 Å². The number of aromatic nitrogens is 1. The first kappa shape index (κ1) is 24.4. The molecule has 3 amide bonds. The number of nitrogens with one attached hydrogen (secondary N) is 1. The van der Waals surface area contributed by atoms with Crippen molar-refractivity contribution in [2.24, 2.45) is 0 Å². The molecule has 0 spiro atoms. The van der Waals surface area contributed by atoms with Crippen LogP contribution < -0.4 is 10.1 Å². The molecule has 1 aliphatic rings. The minimum absolute atomic E-state index is 0.148. The molecule has 0 unspecified atom stereocenters. The second-order valence-electron chi connectivity index (χ2n) is 8.50. The van der Waals surface area contributed by atoms with E-state index in [-0.39, 0.29) is 30.0 Å². The lowest BCUT2D eigenvalue weighted by Gasteiger charge is -2.25. The van der Waals surface area contributed by atoms with Gasteiger partial charge in [0.05, 0.1) is 11.1 Å². The first-order valence-corrected chi connectivity index (χ1v) is 12.4. The van der Waals surface area contributed by atoms with E-state index >= 15 is 0 Å². The van der Waals surface area contributed by atoms with Crippen LogP contribution in [0.2, 0.25) is 0 Å². The van der Waals surface area contributed by atoms with Crippen LogP contribution >= 0.6 is 15.9 Å². The maximum absolute atomic E-state index is 13.7. The molecule has 0 saturated carbocycles. The van der Waals surface area contributed by atoms with Gasteiger partial charge in [-0.3, -0.25) is 19.3 Å². The summed E-state index contributed by atoms with van der Waals surface area (Å²) in [5.74, 6) is -0.995. The highest BCUT2D eigenvalue weighted by Gasteiger charge is 2.42. The Morgan fingerprint density at radius 3 is 2.05 bits per heavy atom. The van der Waals surface area contributed by atoms with E-state index in [1.807, 2.05) is 60.7 Å². The number of nitrogens with zero attached hydrogens (tertiary/aromatic N) is 2. The van der Waals surface area contributed by atoms with Crippen LogP contribution in [0, 0.1) is 0 Å². The summed E-state index contributed by atoms with van der Waals surface area (Å²) in [6.07, 6.45) is 1.69. The molecule has 0 fully saturated rings. The van der Waals surface area contributed by atoms with E-state index < -0.39 is 23.8 Å². The maximum atomic E-state index is 13.7. The largest absolute Gasteiger partial charge is 0.485 e. The van der Waals surface area contributed by atoms with Crippen molar-refractivity contribution in [3.05, 3.63) is 124 Å². The van der Waals surface area contributed by atoms with Gasteiger partial charge in [-0.15, -0.1) is 0 Å². The fraction of sp³-hybridized carbons (Fsp3) is 0.103. The third-order valence-electron chi connectivity index (χ3n) is 6.01. The minimum atomic E-state index is -1.10. The highest BCUT2D eigenvalue weighted by Crippen LogP contribution is 2.29. The Labute approximate surface area is 222 Å². The van der Waals surface area contributed by atoms with Crippen molar-refractivity contribution in [1.82, 2.24) is 9.88 Å². The first-order valence-electron chi connectivity index (χ1n) is 11.7. The fourth-order valence-corrected chi connectivity index (χ4v) is 4.50. The summed E-state index contributed by atoms with van der Waals surface area (Å²) < 4.78 is 6.64. The molecule has 1 aliphatic heterocycles. The van der Waals surface area contributed by atoms with Crippen LogP contribution in [0.15, 0.2) is 102 Å². The van der Waals surface area contributed by atoms with Crippen LogP contribution in [0.3, 0.4) is 0 Å². The summed E-state index contributed by atoms with van der Waals surface area (Å²) in [6.45, 7) is 0.272. The summed E-state index contributed by atoms with van der Waals surface area (Å²) in [5.41, 5.74) is 2.33. The monoisotopic (exact) mass is 555 g/mol. The van der Waals surface area contributed by atoms with Crippen molar-refractivity contribution in [2.75, 3.05) is 5.32 Å². The molecule has 1 N–H and O–H groups in total. The van der Waals surface area contributed by atoms with Gasteiger partial charge in [-0.25, -0.2) is 4.98 Å². The molecule has 5 rings (SSSR count). The molecule has 184 valence electrons. The molecule has 2 heterocycles. The molecule has 37 heavy (non-hydrogen) atoms. The van der Waals surface area contributed by atoms with E-state index in [1.165, 1.54) is 0 Å². The molecule has 0 aliphatic carbocycles. The maximum Gasteiger partial charge on any atom is 0.262 e. The Morgan fingerprint density at radius 2 is 1.43 bits per heavy atom. The van der Waals surface area contributed by atoms with Crippen LogP contribution in [0.5, 0.6) is 5.75 Å². The summed E-state index contributed by atoms with van der Waals surface area (Å²) in [4.78, 5) is 45.6. The van der Waals surface area contributed by atoms with Gasteiger partial charge in [0, 0.05) is 17.1 Å². The van der Waals surface area contributed by atoms with E-state index in [0.717, 1.165) is 16.0 Å². The number of carbonyl (C=O) groups is 3. The molecule has 1 aromatic heterocycles. The Hall–Kier alpha value is -4.30. The lowest BCUT2D eigenvalue weighted by atomic mass is 10.0. The molecule has 0 radical (unpaired) electrons. The number of anilines is 1. The van der Waals surface area contributed by atoms with Crippen molar-refractivity contribution in [1.29, 1.82) is 0 Å². The smallest absolute Gasteiger partial charge is 0.262 e. The number of fused-ring (bicyclic) bond motifs is 1. The molecule has 3 aromatic carbocycles. The van der Waals surface area contributed by atoms with Crippen molar-refractivity contribution in [2.45, 2.75) is 19.1 Å². The zero-order valence-corrected chi connectivity index (χ0v) is 21.2. The van der Waals surface area contributed by atoms with Gasteiger partial charge in [0.2, 0.25) is 5.91 Å². The lowest BCUT2D eigenvalue weighted by molar-refractivity contribution is -0.120. The third kappa shape index (κ3) is 5.29. The summed E-state index contributed by atoms with van der Waals surface area (Å²) in [5, 5.41) is 2.80. The second-order valence-corrected chi connectivity index (χ2v) is 9.41. The molecular weight excluding hydrogens is 534 g/mol. The molecule has 8 heteroatoms. The van der Waals surface area contributed by atoms with E-state index in [9.17, 15) is 14.4 Å². The number of hydrogen-bond acceptors (Lipinski definition) is 5. The molecule has 7 nitrogen and oxygen atoms in total. The topological polar surface area (TPSA) is 88.6 Å². The Morgan fingerprint density at radius 1 is 0.865 bits per heavy atom. The SMILES string of the molecule is O=C(Nc1ncc(Br)cc1OCc1ccccc1)[C@H](Cc1ccccc1)N1C(=O)c2ccccc2C1=O. The number of benzene rings is 3. The Kier molecular flexibility index (Phi) is 7.09. The lowest BCUT2D eigenvalue weighted by Crippen LogP contribution is -2.48. The summed E-state index contributed by atoms with van der Waals surface area (Å²) >= 11 is 3.40. The van der Waals surface area contributed by atoms with E-state index in [4.69, 9.17) is 4.74 Å². The normalized spacial score (nSPS) is 13.3. The van der Waals surface area contributed by atoms with Gasteiger partial charge in [0.15, 0.2) is 11.6 Å². The van der Waals surface area contributed by atoms with Crippen LogP contribution in [-0.4, -0.2) is 33.6 Å². The minimum Gasteiger partial charge on any atom is -0.485 e. The molecule has 4 aromatic rings. The average molecular weight is 556 g/mol. The fourth-order valence-electron chi connectivity index (χ4n) is 4.19. The van der Waals surface area contributed by atoms with Crippen LogP contribution in [0.4, 0.5) is 5.82 Å². The van der Waals surface area contributed by atoms with Gasteiger partial charge in [-0.05, 0) is 45.3 Å². The number of hydrogen-bond donors (Lipinski definition) is 1. The van der Waals surface area contributed by atoms with Crippen molar-refractivity contribution < 1.29 is 19.1 Å². The molecule has 1 atom stereocenters. The average Bonchev–Trinajstić information content (AvgIpc) is 3.18. The number of imide groups is 1. The van der Waals surface area contributed by atoms with Crippen LogP contribution in [0.25, 0.3) is 0 Å². The van der Waals surface area contributed by atoms with E-state index in [2.05, 4.69) is 26.2 Å². The molecule has 0 bridgehead atoms. The zero-order chi connectivity index (χ0) is 25.8. The van der Waals surface area contributed by atoms with Gasteiger partial charge in [-0.1, -0.05) is 72.8 Å². The number of ether oxygens (including phenoxy) is 1. The summed E-state index contributed by atoms with van der Waals surface area (Å²) in [6, 6.07) is 26.1. The Bertz CT molecular complexity index is 1430. The predicted molar refractivity (Wildman–Crippen MR) is 142 cm³/mol. The number of pyridine rings is 1. The number of amides is 3.